The van der Waals surface area contributed by atoms with E-state index in [-0.39, 0.29) is 48.5 Å². The van der Waals surface area contributed by atoms with Gasteiger partial charge in [-0.1, -0.05) is 30.3 Å². The third-order valence-corrected chi connectivity index (χ3v) is 5.29. The molecule has 0 saturated carbocycles. The highest BCUT2D eigenvalue weighted by molar-refractivity contribution is 14.0. The second kappa shape index (κ2) is 12.1. The Morgan fingerprint density at radius 3 is 2.17 bits per heavy atom. The summed E-state index contributed by atoms with van der Waals surface area (Å²) in [5, 5.41) is 5.98. The second-order valence-corrected chi connectivity index (χ2v) is 7.79. The summed E-state index contributed by atoms with van der Waals surface area (Å²) in [7, 11) is -3.58. The van der Waals surface area contributed by atoms with Crippen LogP contribution in [0.5, 0.6) is 0 Å². The molecule has 0 atom stereocenters. The van der Waals surface area contributed by atoms with Crippen LogP contribution in [0.15, 0.2) is 64.5 Å². The summed E-state index contributed by atoms with van der Waals surface area (Å²) < 4.78 is 64.6. The number of nitrogens with one attached hydrogen (secondary N) is 3. The molecule has 3 N–H and O–H groups in total. The van der Waals surface area contributed by atoms with E-state index in [1.54, 1.807) is 18.2 Å². The first kappa shape index (κ1) is 26.2. The number of nitrogens with zero attached hydrogens (tertiary/aromatic N) is 1. The summed E-state index contributed by atoms with van der Waals surface area (Å²) in [5.41, 5.74) is -0.0825. The van der Waals surface area contributed by atoms with Crippen molar-refractivity contribution in [3.63, 3.8) is 0 Å². The van der Waals surface area contributed by atoms with E-state index in [9.17, 15) is 21.6 Å². The quantitative estimate of drug-likeness (QED) is 0.202. The van der Waals surface area contributed by atoms with Crippen molar-refractivity contribution in [2.75, 3.05) is 19.6 Å². The van der Waals surface area contributed by atoms with Gasteiger partial charge in [0.2, 0.25) is 10.0 Å². The van der Waals surface area contributed by atoms with Gasteiger partial charge < -0.3 is 10.6 Å². The van der Waals surface area contributed by atoms with Gasteiger partial charge in [-0.2, -0.15) is 13.2 Å². The second-order valence-electron chi connectivity index (χ2n) is 6.03. The molecule has 6 nitrogen and oxygen atoms in total. The lowest BCUT2D eigenvalue weighted by Gasteiger charge is -2.12. The van der Waals surface area contributed by atoms with Gasteiger partial charge in [0, 0.05) is 19.6 Å². The van der Waals surface area contributed by atoms with Gasteiger partial charge in [-0.25, -0.2) is 18.1 Å². The van der Waals surface area contributed by atoms with Crippen molar-refractivity contribution in [2.24, 2.45) is 4.99 Å². The zero-order valence-corrected chi connectivity index (χ0v) is 19.4. The summed E-state index contributed by atoms with van der Waals surface area (Å²) in [6, 6.07) is 12.8. The first-order chi connectivity index (χ1) is 13.7. The van der Waals surface area contributed by atoms with E-state index >= 15 is 0 Å². The summed E-state index contributed by atoms with van der Waals surface area (Å²) in [4.78, 5) is 4.49. The molecule has 0 unspecified atom stereocenters. The zero-order valence-electron chi connectivity index (χ0n) is 16.2. The molecule has 0 heterocycles. The molecule has 11 heteroatoms. The Morgan fingerprint density at radius 1 is 0.967 bits per heavy atom. The van der Waals surface area contributed by atoms with E-state index in [1.807, 2.05) is 6.92 Å². The number of hydrogen-bond acceptors (Lipinski definition) is 3. The van der Waals surface area contributed by atoms with Crippen molar-refractivity contribution in [1.29, 1.82) is 0 Å². The minimum absolute atomic E-state index is 0. The maximum atomic E-state index is 12.6. The number of halogens is 4. The molecule has 0 spiro atoms. The van der Waals surface area contributed by atoms with Crippen molar-refractivity contribution in [1.82, 2.24) is 15.4 Å². The smallest absolute Gasteiger partial charge is 0.357 e. The normalized spacial score (nSPS) is 12.2. The molecule has 0 saturated heterocycles. The van der Waals surface area contributed by atoms with Gasteiger partial charge in [0.05, 0.1) is 17.0 Å². The van der Waals surface area contributed by atoms with Gasteiger partial charge in [-0.05, 0) is 36.8 Å². The van der Waals surface area contributed by atoms with Gasteiger partial charge >= 0.3 is 6.18 Å². The Bertz CT molecular complexity index is 906. The third kappa shape index (κ3) is 8.48. The maximum Gasteiger partial charge on any atom is 0.416 e. The van der Waals surface area contributed by atoms with Gasteiger partial charge in [-0.3, -0.25) is 0 Å². The van der Waals surface area contributed by atoms with Crippen LogP contribution < -0.4 is 15.4 Å². The Balaban J connectivity index is 0.00000450. The first-order valence-corrected chi connectivity index (χ1v) is 10.4. The monoisotopic (exact) mass is 556 g/mol. The number of sulfonamides is 1. The number of alkyl halides is 3. The van der Waals surface area contributed by atoms with Crippen molar-refractivity contribution in [3.8, 4) is 0 Å². The summed E-state index contributed by atoms with van der Waals surface area (Å²) in [6.07, 6.45) is -4.37. The lowest BCUT2D eigenvalue weighted by Crippen LogP contribution is -2.41. The fraction of sp³-hybridized carbons (Fsp3) is 0.316. The van der Waals surface area contributed by atoms with Gasteiger partial charge in [0.25, 0.3) is 0 Å². The highest BCUT2D eigenvalue weighted by Gasteiger charge is 2.29. The Morgan fingerprint density at radius 2 is 1.60 bits per heavy atom. The summed E-state index contributed by atoms with van der Waals surface area (Å²) in [6.45, 7) is 3.05. The van der Waals surface area contributed by atoms with Gasteiger partial charge in [0.1, 0.15) is 0 Å². The van der Waals surface area contributed by atoms with Crippen LogP contribution in [0.3, 0.4) is 0 Å². The molecule has 0 radical (unpaired) electrons. The van der Waals surface area contributed by atoms with Crippen LogP contribution in [0.1, 0.15) is 18.1 Å². The number of hydrogen-bond donors (Lipinski definition) is 3. The molecule has 0 aliphatic carbocycles. The SMILES string of the molecule is CCNC(=NCc1ccc(C(F)(F)F)cc1)NCCNS(=O)(=O)c1ccccc1.I. The Kier molecular flexibility index (Phi) is 10.6. The molecule has 0 bridgehead atoms. The molecule has 2 aromatic carbocycles. The van der Waals surface area contributed by atoms with E-state index in [1.165, 1.54) is 24.3 Å². The number of benzene rings is 2. The van der Waals surface area contributed by atoms with Crippen LogP contribution in [0, 0.1) is 0 Å². The fourth-order valence-electron chi connectivity index (χ4n) is 2.36. The molecule has 2 aromatic rings. The molecule has 0 aliphatic rings. The maximum absolute atomic E-state index is 12.6. The van der Waals surface area contributed by atoms with Crippen LogP contribution in [0.4, 0.5) is 13.2 Å². The van der Waals surface area contributed by atoms with E-state index in [4.69, 9.17) is 0 Å². The van der Waals surface area contributed by atoms with Crippen LogP contribution >= 0.6 is 24.0 Å². The first-order valence-electron chi connectivity index (χ1n) is 8.95. The summed E-state index contributed by atoms with van der Waals surface area (Å²) in [5.74, 6) is 0.436. The molecule has 166 valence electrons. The molecule has 0 aliphatic heterocycles. The molecule has 0 fully saturated rings. The lowest BCUT2D eigenvalue weighted by molar-refractivity contribution is -0.137. The minimum Gasteiger partial charge on any atom is -0.357 e. The van der Waals surface area contributed by atoms with E-state index in [0.29, 0.717) is 18.1 Å². The molecule has 0 aromatic heterocycles. The van der Waals surface area contributed by atoms with E-state index in [2.05, 4.69) is 20.3 Å². The van der Waals surface area contributed by atoms with Crippen molar-refractivity contribution in [2.45, 2.75) is 24.5 Å². The van der Waals surface area contributed by atoms with Crippen molar-refractivity contribution in [3.05, 3.63) is 65.7 Å². The topological polar surface area (TPSA) is 82.6 Å². The highest BCUT2D eigenvalue weighted by atomic mass is 127. The lowest BCUT2D eigenvalue weighted by atomic mass is 10.1. The predicted octanol–water partition coefficient (Wildman–Crippen LogP) is 3.36. The zero-order chi connectivity index (χ0) is 21.3. The van der Waals surface area contributed by atoms with Gasteiger partial charge in [0.15, 0.2) is 5.96 Å². The predicted molar refractivity (Wildman–Crippen MR) is 121 cm³/mol. The van der Waals surface area contributed by atoms with Crippen LogP contribution in [0.2, 0.25) is 0 Å². The third-order valence-electron chi connectivity index (χ3n) is 3.81. The standard InChI is InChI=1S/C19H23F3N4O2S.HI/c1-2-23-18(25-14-15-8-10-16(11-9-15)19(20,21)22)24-12-13-26-29(27,28)17-6-4-3-5-7-17;/h3-11,26H,2,12-14H2,1H3,(H2,23,24,25);1H. The van der Waals surface area contributed by atoms with Crippen molar-refractivity contribution >= 4 is 40.0 Å². The Labute approximate surface area is 191 Å². The van der Waals surface area contributed by atoms with Crippen LogP contribution in [-0.2, 0) is 22.7 Å². The molecular weight excluding hydrogens is 532 g/mol. The molecule has 0 amide bonds. The van der Waals surface area contributed by atoms with Crippen LogP contribution in [-0.4, -0.2) is 34.0 Å². The molecule has 2 rings (SSSR count). The number of guanidine groups is 1. The highest BCUT2D eigenvalue weighted by Crippen LogP contribution is 2.29. The number of rotatable bonds is 8. The average Bonchev–Trinajstić information content (AvgIpc) is 2.69. The number of aliphatic imine (C=N–C) groups is 1. The van der Waals surface area contributed by atoms with E-state index in [0.717, 1.165) is 12.1 Å². The largest absolute Gasteiger partial charge is 0.416 e. The van der Waals surface area contributed by atoms with Crippen molar-refractivity contribution < 1.29 is 21.6 Å². The Hall–Kier alpha value is -1.86. The summed E-state index contributed by atoms with van der Waals surface area (Å²) >= 11 is 0. The van der Waals surface area contributed by atoms with E-state index < -0.39 is 21.8 Å². The van der Waals surface area contributed by atoms with Crippen LogP contribution in [0.25, 0.3) is 0 Å². The molecule has 30 heavy (non-hydrogen) atoms. The minimum atomic E-state index is -4.37. The van der Waals surface area contributed by atoms with Gasteiger partial charge in [-0.15, -0.1) is 24.0 Å². The molecular formula is C19H24F3IN4O2S. The average molecular weight is 556 g/mol. The fourth-order valence-corrected chi connectivity index (χ4v) is 3.41.